The van der Waals surface area contributed by atoms with Crippen molar-refractivity contribution in [2.75, 3.05) is 39.9 Å². The molecule has 0 aromatic carbocycles. The third-order valence-electron chi connectivity index (χ3n) is 4.99. The van der Waals surface area contributed by atoms with E-state index in [2.05, 4.69) is 9.97 Å². The van der Waals surface area contributed by atoms with Crippen LogP contribution in [0.15, 0.2) is 29.4 Å². The molecule has 0 bridgehead atoms. The number of fused-ring (bicyclic) bond motifs is 1. The highest BCUT2D eigenvalue weighted by Crippen LogP contribution is 2.27. The fraction of sp³-hybridized carbons (Fsp3) is 0.444. The zero-order valence-electron chi connectivity index (χ0n) is 14.9. The lowest BCUT2D eigenvalue weighted by molar-refractivity contribution is 0.0476. The average Bonchev–Trinajstić information content (AvgIpc) is 3.33. The van der Waals surface area contributed by atoms with Crippen LogP contribution in [0.4, 0.5) is 0 Å². The van der Waals surface area contributed by atoms with Gasteiger partial charge in [-0.05, 0) is 6.07 Å². The molecule has 2 aliphatic heterocycles. The van der Waals surface area contributed by atoms with Crippen molar-refractivity contribution in [1.29, 1.82) is 0 Å². The van der Waals surface area contributed by atoms with Crippen LogP contribution < -0.4 is 4.74 Å². The standard InChI is InChI=1S/C18H20N4O4S/c1-25-15-6-19-3-2-13(15)17(23)22-8-12-7-21(4-5-26-16(12)9-22)18(24)14-10-27-11-20-14/h2-3,6,10-12,16H,4-5,7-9H2,1H3/t12-,16+/m0/s1. The van der Waals surface area contributed by atoms with Gasteiger partial charge in [-0.1, -0.05) is 0 Å². The minimum atomic E-state index is -0.108. The van der Waals surface area contributed by atoms with Crippen molar-refractivity contribution < 1.29 is 19.1 Å². The summed E-state index contributed by atoms with van der Waals surface area (Å²) in [6, 6.07) is 1.66. The van der Waals surface area contributed by atoms with Gasteiger partial charge in [0.05, 0.1) is 37.1 Å². The van der Waals surface area contributed by atoms with E-state index < -0.39 is 0 Å². The average molecular weight is 388 g/mol. The number of carbonyl (C=O) groups is 2. The molecular weight excluding hydrogens is 368 g/mol. The second-order valence-electron chi connectivity index (χ2n) is 6.58. The van der Waals surface area contributed by atoms with Gasteiger partial charge in [0.2, 0.25) is 0 Å². The SMILES string of the molecule is COc1cnccc1C(=O)N1C[C@@H]2CN(C(=O)c3cscn3)CCO[C@@H]2C1. The summed E-state index contributed by atoms with van der Waals surface area (Å²) in [6.45, 7) is 2.59. The molecule has 8 nitrogen and oxygen atoms in total. The zero-order chi connectivity index (χ0) is 18.8. The maximum atomic E-state index is 12.9. The first kappa shape index (κ1) is 17.9. The Kier molecular flexibility index (Phi) is 5.04. The molecule has 4 heterocycles. The number of rotatable bonds is 3. The first-order valence-corrected chi connectivity index (χ1v) is 9.68. The maximum absolute atomic E-state index is 12.9. The predicted octanol–water partition coefficient (Wildman–Crippen LogP) is 1.16. The van der Waals surface area contributed by atoms with Gasteiger partial charge in [-0.25, -0.2) is 4.98 Å². The number of ether oxygens (including phenoxy) is 2. The second-order valence-corrected chi connectivity index (χ2v) is 7.30. The highest BCUT2D eigenvalue weighted by Gasteiger charge is 2.40. The van der Waals surface area contributed by atoms with Crippen molar-refractivity contribution >= 4 is 23.2 Å². The molecule has 142 valence electrons. The van der Waals surface area contributed by atoms with Crippen LogP contribution in [-0.2, 0) is 4.74 Å². The first-order valence-electron chi connectivity index (χ1n) is 8.73. The van der Waals surface area contributed by atoms with Crippen LogP contribution in [0.1, 0.15) is 20.8 Å². The zero-order valence-corrected chi connectivity index (χ0v) is 15.7. The van der Waals surface area contributed by atoms with Gasteiger partial charge in [0.15, 0.2) is 0 Å². The molecule has 2 fully saturated rings. The van der Waals surface area contributed by atoms with E-state index in [9.17, 15) is 9.59 Å². The van der Waals surface area contributed by atoms with E-state index in [1.54, 1.807) is 33.0 Å². The molecule has 0 aliphatic carbocycles. The third-order valence-corrected chi connectivity index (χ3v) is 5.58. The lowest BCUT2D eigenvalue weighted by Gasteiger charge is -2.23. The van der Waals surface area contributed by atoms with Crippen LogP contribution in [0.5, 0.6) is 5.75 Å². The third kappa shape index (κ3) is 3.52. The largest absolute Gasteiger partial charge is 0.494 e. The van der Waals surface area contributed by atoms with Crippen LogP contribution in [0.25, 0.3) is 0 Å². The number of nitrogens with zero attached hydrogens (tertiary/aromatic N) is 4. The van der Waals surface area contributed by atoms with Gasteiger partial charge in [-0.15, -0.1) is 11.3 Å². The molecule has 0 unspecified atom stereocenters. The molecule has 2 amide bonds. The molecule has 0 spiro atoms. The summed E-state index contributed by atoms with van der Waals surface area (Å²) < 4.78 is 11.2. The minimum absolute atomic E-state index is 0.0741. The highest BCUT2D eigenvalue weighted by atomic mass is 32.1. The summed E-state index contributed by atoms with van der Waals surface area (Å²) in [5.41, 5.74) is 2.60. The van der Waals surface area contributed by atoms with Crippen molar-refractivity contribution in [1.82, 2.24) is 19.8 Å². The molecule has 2 aromatic heterocycles. The second kappa shape index (κ2) is 7.61. The van der Waals surface area contributed by atoms with Gasteiger partial charge < -0.3 is 19.3 Å². The topological polar surface area (TPSA) is 84.9 Å². The van der Waals surface area contributed by atoms with Crippen LogP contribution >= 0.6 is 11.3 Å². The first-order chi connectivity index (χ1) is 13.2. The lowest BCUT2D eigenvalue weighted by atomic mass is 10.1. The van der Waals surface area contributed by atoms with E-state index in [1.165, 1.54) is 24.6 Å². The fourth-order valence-corrected chi connectivity index (χ4v) is 4.14. The summed E-state index contributed by atoms with van der Waals surface area (Å²) in [5, 5.41) is 1.76. The number of carbonyl (C=O) groups excluding carboxylic acids is 2. The highest BCUT2D eigenvalue weighted by molar-refractivity contribution is 7.07. The number of hydrogen-bond donors (Lipinski definition) is 0. The Balaban J connectivity index is 1.47. The van der Waals surface area contributed by atoms with Gasteiger partial charge in [-0.3, -0.25) is 14.6 Å². The van der Waals surface area contributed by atoms with Crippen LogP contribution in [-0.4, -0.2) is 77.6 Å². The van der Waals surface area contributed by atoms with Crippen LogP contribution in [0.2, 0.25) is 0 Å². The molecule has 0 N–H and O–H groups in total. The van der Waals surface area contributed by atoms with Crippen molar-refractivity contribution in [3.8, 4) is 5.75 Å². The van der Waals surface area contributed by atoms with E-state index in [0.29, 0.717) is 49.8 Å². The summed E-state index contributed by atoms with van der Waals surface area (Å²) >= 11 is 1.40. The maximum Gasteiger partial charge on any atom is 0.273 e. The molecule has 2 atom stereocenters. The molecule has 2 aromatic rings. The minimum Gasteiger partial charge on any atom is -0.494 e. The molecule has 0 radical (unpaired) electrons. The Hall–Kier alpha value is -2.52. The van der Waals surface area contributed by atoms with E-state index in [4.69, 9.17) is 9.47 Å². The number of pyridine rings is 1. The molecule has 4 rings (SSSR count). The Morgan fingerprint density at radius 2 is 2.11 bits per heavy atom. The summed E-state index contributed by atoms with van der Waals surface area (Å²) in [5.74, 6) is 0.340. The smallest absolute Gasteiger partial charge is 0.273 e. The van der Waals surface area contributed by atoms with E-state index >= 15 is 0 Å². The molecule has 2 aliphatic rings. The van der Waals surface area contributed by atoms with Gasteiger partial charge in [0.25, 0.3) is 11.8 Å². The van der Waals surface area contributed by atoms with Gasteiger partial charge >= 0.3 is 0 Å². The Morgan fingerprint density at radius 3 is 2.89 bits per heavy atom. The number of likely N-dealkylation sites (tertiary alicyclic amines) is 1. The predicted molar refractivity (Wildman–Crippen MR) is 97.9 cm³/mol. The van der Waals surface area contributed by atoms with Gasteiger partial charge in [0, 0.05) is 43.7 Å². The number of methoxy groups -OCH3 is 1. The molecule has 9 heteroatoms. The number of aromatic nitrogens is 2. The number of thiazole rings is 1. The molecular formula is C18H20N4O4S. The Labute approximate surface area is 160 Å². The monoisotopic (exact) mass is 388 g/mol. The van der Waals surface area contributed by atoms with Crippen molar-refractivity contribution in [2.24, 2.45) is 5.92 Å². The Morgan fingerprint density at radius 1 is 1.26 bits per heavy atom. The molecule has 27 heavy (non-hydrogen) atoms. The van der Waals surface area contributed by atoms with Gasteiger partial charge in [-0.2, -0.15) is 0 Å². The van der Waals surface area contributed by atoms with Crippen molar-refractivity contribution in [3.05, 3.63) is 40.6 Å². The van der Waals surface area contributed by atoms with Crippen molar-refractivity contribution in [2.45, 2.75) is 6.10 Å². The van der Waals surface area contributed by atoms with E-state index in [1.807, 2.05) is 0 Å². The lowest BCUT2D eigenvalue weighted by Crippen LogP contribution is -2.38. The summed E-state index contributed by atoms with van der Waals surface area (Å²) in [4.78, 5) is 37.2. The normalized spacial score (nSPS) is 22.3. The quantitative estimate of drug-likeness (QED) is 0.785. The molecule has 2 saturated heterocycles. The Bertz CT molecular complexity index is 829. The van der Waals surface area contributed by atoms with Crippen LogP contribution in [0.3, 0.4) is 0 Å². The van der Waals surface area contributed by atoms with E-state index in [-0.39, 0.29) is 23.8 Å². The van der Waals surface area contributed by atoms with E-state index in [0.717, 1.165) is 0 Å². The van der Waals surface area contributed by atoms with Crippen LogP contribution in [0, 0.1) is 5.92 Å². The summed E-state index contributed by atoms with van der Waals surface area (Å²) in [6.07, 6.45) is 3.04. The summed E-state index contributed by atoms with van der Waals surface area (Å²) in [7, 11) is 1.52. The van der Waals surface area contributed by atoms with Crippen molar-refractivity contribution in [3.63, 3.8) is 0 Å². The fourth-order valence-electron chi connectivity index (χ4n) is 3.61. The number of amides is 2. The number of hydrogen-bond acceptors (Lipinski definition) is 7. The molecule has 0 saturated carbocycles. The van der Waals surface area contributed by atoms with Gasteiger partial charge in [0.1, 0.15) is 11.4 Å².